The van der Waals surface area contributed by atoms with Gasteiger partial charge in [0.15, 0.2) is 0 Å². The molecule has 0 bridgehead atoms. The Morgan fingerprint density at radius 3 is 2.06 bits per heavy atom. The highest BCUT2D eigenvalue weighted by Gasteiger charge is 2.23. The first-order valence-electron chi connectivity index (χ1n) is 15.2. The van der Waals surface area contributed by atoms with Crippen LogP contribution in [0.3, 0.4) is 0 Å². The molecule has 1 unspecified atom stereocenters. The lowest BCUT2D eigenvalue weighted by atomic mass is 10.0. The van der Waals surface area contributed by atoms with Crippen molar-refractivity contribution < 1.29 is 14.4 Å². The lowest BCUT2D eigenvalue weighted by Gasteiger charge is -2.18. The Morgan fingerprint density at radius 1 is 0.646 bits per heavy atom. The van der Waals surface area contributed by atoms with Gasteiger partial charge in [0.25, 0.3) is 11.8 Å². The lowest BCUT2D eigenvalue weighted by molar-refractivity contribution is -0.116. The highest BCUT2D eigenvalue weighted by atomic mass is 35.5. The minimum absolute atomic E-state index is 0.0846. The maximum Gasteiger partial charge on any atom is 0.272 e. The van der Waals surface area contributed by atoms with Gasteiger partial charge in [-0.1, -0.05) is 115 Å². The maximum atomic E-state index is 13.8. The molecule has 236 valence electrons. The zero-order chi connectivity index (χ0) is 33.3. The second-order valence-electron chi connectivity index (χ2n) is 10.8. The van der Waals surface area contributed by atoms with Crippen molar-refractivity contribution in [2.75, 3.05) is 10.6 Å². The summed E-state index contributed by atoms with van der Waals surface area (Å²) in [5, 5.41) is 10.6. The van der Waals surface area contributed by atoms with E-state index in [-0.39, 0.29) is 11.6 Å². The van der Waals surface area contributed by atoms with Gasteiger partial charge in [0.05, 0.1) is 0 Å². The molecule has 0 aliphatic heterocycles. The van der Waals surface area contributed by atoms with E-state index in [1.807, 2.05) is 91.0 Å². The van der Waals surface area contributed by atoms with E-state index in [9.17, 15) is 14.4 Å². The number of thioether (sulfide) groups is 1. The second kappa shape index (κ2) is 15.3. The molecule has 6 aromatic carbocycles. The summed E-state index contributed by atoms with van der Waals surface area (Å²) < 4.78 is 0. The van der Waals surface area contributed by atoms with Crippen molar-refractivity contribution in [1.82, 2.24) is 5.32 Å². The average molecular weight is 668 g/mol. The molecule has 0 saturated carbocycles. The van der Waals surface area contributed by atoms with Crippen LogP contribution < -0.4 is 16.0 Å². The summed E-state index contributed by atoms with van der Waals surface area (Å²) in [6, 6.07) is 46.2. The van der Waals surface area contributed by atoms with E-state index in [0.29, 0.717) is 22.0 Å². The Kier molecular flexibility index (Phi) is 10.3. The van der Waals surface area contributed by atoms with Crippen LogP contribution in [-0.2, 0) is 9.59 Å². The Morgan fingerprint density at radius 2 is 1.29 bits per heavy atom. The van der Waals surface area contributed by atoms with Gasteiger partial charge in [-0.2, -0.15) is 0 Å². The van der Waals surface area contributed by atoms with Crippen LogP contribution >= 0.6 is 23.4 Å². The number of rotatable bonds is 10. The molecule has 3 N–H and O–H groups in total. The summed E-state index contributed by atoms with van der Waals surface area (Å²) >= 11 is 7.50. The molecule has 6 nitrogen and oxygen atoms in total. The van der Waals surface area contributed by atoms with E-state index < -0.39 is 17.1 Å². The van der Waals surface area contributed by atoms with E-state index in [4.69, 9.17) is 11.6 Å². The quantitative estimate of drug-likeness (QED) is 0.100. The molecule has 0 aromatic heterocycles. The molecule has 0 radical (unpaired) electrons. The van der Waals surface area contributed by atoms with Crippen LogP contribution in [0.25, 0.3) is 16.8 Å². The fraction of sp³-hybridized carbons (Fsp3) is 0.0250. The van der Waals surface area contributed by atoms with Gasteiger partial charge >= 0.3 is 0 Å². The zero-order valence-corrected chi connectivity index (χ0v) is 27.2. The van der Waals surface area contributed by atoms with E-state index in [1.165, 1.54) is 11.8 Å². The van der Waals surface area contributed by atoms with Gasteiger partial charge in [0, 0.05) is 26.9 Å². The average Bonchev–Trinajstić information content (AvgIpc) is 3.11. The van der Waals surface area contributed by atoms with Crippen molar-refractivity contribution >= 4 is 69.3 Å². The summed E-state index contributed by atoms with van der Waals surface area (Å²) in [6.07, 6.45) is 1.68. The molecule has 0 spiro atoms. The van der Waals surface area contributed by atoms with Crippen LogP contribution in [-0.4, -0.2) is 17.7 Å². The molecule has 6 rings (SSSR count). The smallest absolute Gasteiger partial charge is 0.272 e. The molecule has 8 heteroatoms. The SMILES string of the molecule is O=C(Nc1cccc(SC(C(=O)Nc2cccc(Cl)c2)c2ccccc2)c1)/C(=C\c1cccc2ccccc12)NC(=O)c1ccccc1. The number of halogens is 1. The Bertz CT molecular complexity index is 2110. The van der Waals surface area contributed by atoms with Crippen molar-refractivity contribution in [3.8, 4) is 0 Å². The number of hydrogen-bond acceptors (Lipinski definition) is 4. The molecule has 0 aliphatic carbocycles. The first-order chi connectivity index (χ1) is 23.4. The monoisotopic (exact) mass is 667 g/mol. The molecule has 3 amide bonds. The van der Waals surface area contributed by atoms with Gasteiger partial charge < -0.3 is 16.0 Å². The van der Waals surface area contributed by atoms with Crippen molar-refractivity contribution in [2.45, 2.75) is 10.1 Å². The van der Waals surface area contributed by atoms with Gasteiger partial charge in [-0.15, -0.1) is 11.8 Å². The molecule has 6 aromatic rings. The third-order valence-corrected chi connectivity index (χ3v) is 8.91. The summed E-state index contributed by atoms with van der Waals surface area (Å²) in [4.78, 5) is 41.4. The highest BCUT2D eigenvalue weighted by molar-refractivity contribution is 8.00. The summed E-state index contributed by atoms with van der Waals surface area (Å²) in [5.41, 5.74) is 3.22. The zero-order valence-electron chi connectivity index (χ0n) is 25.6. The number of carbonyl (C=O) groups is 3. The van der Waals surface area contributed by atoms with E-state index in [1.54, 1.807) is 66.7 Å². The summed E-state index contributed by atoms with van der Waals surface area (Å²) in [6.45, 7) is 0. The minimum Gasteiger partial charge on any atom is -0.325 e. The molecule has 0 fully saturated rings. The molecule has 48 heavy (non-hydrogen) atoms. The molecule has 0 heterocycles. The normalized spacial score (nSPS) is 11.8. The van der Waals surface area contributed by atoms with E-state index in [0.717, 1.165) is 26.8 Å². The standard InChI is InChI=1S/C40H30ClN3O3S/c41-31-19-10-20-32(25-31)43-40(47)37(28-13-3-1-4-14-28)48-34-22-11-21-33(26-34)42-39(46)36(44-38(45)29-15-5-2-6-16-29)24-30-18-9-17-27-12-7-8-23-35(27)30/h1-26,37H,(H,42,46)(H,43,47)(H,44,45)/b36-24+. The number of nitrogens with one attached hydrogen (secondary N) is 3. The fourth-order valence-corrected chi connectivity index (χ4v) is 6.40. The minimum atomic E-state index is -0.594. The van der Waals surface area contributed by atoms with Gasteiger partial charge in [-0.25, -0.2) is 0 Å². The fourth-order valence-electron chi connectivity index (χ4n) is 5.13. The topological polar surface area (TPSA) is 87.3 Å². The predicted octanol–water partition coefficient (Wildman–Crippen LogP) is 9.37. The van der Waals surface area contributed by atoms with E-state index in [2.05, 4.69) is 16.0 Å². The maximum absolute atomic E-state index is 13.8. The van der Waals surface area contributed by atoms with Crippen LogP contribution in [0.1, 0.15) is 26.7 Å². The van der Waals surface area contributed by atoms with Gasteiger partial charge in [0.2, 0.25) is 5.91 Å². The van der Waals surface area contributed by atoms with Crippen LogP contribution in [0.4, 0.5) is 11.4 Å². The van der Waals surface area contributed by atoms with Crippen molar-refractivity contribution in [3.05, 3.63) is 179 Å². The number of anilines is 2. The van der Waals surface area contributed by atoms with Crippen LogP contribution in [0.2, 0.25) is 5.02 Å². The molecular formula is C40H30ClN3O3S. The number of benzene rings is 6. The molecular weight excluding hydrogens is 638 g/mol. The van der Waals surface area contributed by atoms with Gasteiger partial charge in [0.1, 0.15) is 10.9 Å². The van der Waals surface area contributed by atoms with Crippen molar-refractivity contribution in [3.63, 3.8) is 0 Å². The molecule has 0 aliphatic rings. The third-order valence-electron chi connectivity index (χ3n) is 7.43. The first kappa shape index (κ1) is 32.3. The highest BCUT2D eigenvalue weighted by Crippen LogP contribution is 2.37. The molecule has 0 saturated heterocycles. The number of hydrogen-bond donors (Lipinski definition) is 3. The van der Waals surface area contributed by atoms with Crippen LogP contribution in [0.15, 0.2) is 162 Å². The van der Waals surface area contributed by atoms with Crippen LogP contribution in [0, 0.1) is 0 Å². The van der Waals surface area contributed by atoms with Gasteiger partial charge in [-0.3, -0.25) is 14.4 Å². The number of fused-ring (bicyclic) bond motifs is 1. The Balaban J connectivity index is 1.27. The third kappa shape index (κ3) is 8.20. The molecule has 1 atom stereocenters. The largest absolute Gasteiger partial charge is 0.325 e. The Labute approximate surface area is 287 Å². The van der Waals surface area contributed by atoms with Crippen molar-refractivity contribution in [2.24, 2.45) is 0 Å². The van der Waals surface area contributed by atoms with Crippen LogP contribution in [0.5, 0.6) is 0 Å². The van der Waals surface area contributed by atoms with Gasteiger partial charge in [-0.05, 0) is 76.5 Å². The summed E-state index contributed by atoms with van der Waals surface area (Å²) in [5.74, 6) is -1.11. The Hall–Kier alpha value is -5.63. The second-order valence-corrected chi connectivity index (χ2v) is 12.5. The van der Waals surface area contributed by atoms with Crippen molar-refractivity contribution in [1.29, 1.82) is 0 Å². The first-order valence-corrected chi connectivity index (χ1v) is 16.4. The lowest BCUT2D eigenvalue weighted by Crippen LogP contribution is -2.30. The number of amides is 3. The predicted molar refractivity (Wildman–Crippen MR) is 196 cm³/mol. The van der Waals surface area contributed by atoms with E-state index >= 15 is 0 Å². The number of carbonyl (C=O) groups excluding carboxylic acids is 3. The summed E-state index contributed by atoms with van der Waals surface area (Å²) in [7, 11) is 0.